The van der Waals surface area contributed by atoms with Gasteiger partial charge >= 0.3 is 19.4 Å². The first-order valence-corrected chi connectivity index (χ1v) is 11.4. The Bertz CT molecular complexity index is 1240. The zero-order valence-electron chi connectivity index (χ0n) is 17.7. The molecule has 1 saturated heterocycles. The average Bonchev–Trinajstić information content (AvgIpc) is 3.04. The minimum Gasteiger partial charge on any atom is -0.480 e. The maximum absolute atomic E-state index is 13.3. The number of terminal acetylenes is 1. The summed E-state index contributed by atoms with van der Waals surface area (Å²) in [5.74, 6) is 0.737. The van der Waals surface area contributed by atoms with Crippen LogP contribution in [0.5, 0.6) is 5.75 Å². The van der Waals surface area contributed by atoms with E-state index in [-0.39, 0.29) is 5.75 Å². The second kappa shape index (κ2) is 9.94. The van der Waals surface area contributed by atoms with E-state index in [2.05, 4.69) is 5.09 Å². The highest BCUT2D eigenvalue weighted by molar-refractivity contribution is 7.52. The summed E-state index contributed by atoms with van der Waals surface area (Å²) in [4.78, 5) is 36.7. The van der Waals surface area contributed by atoms with Crippen molar-refractivity contribution < 1.29 is 38.5 Å². The number of aliphatic hydroxyl groups is 2. The lowest BCUT2D eigenvalue weighted by Crippen LogP contribution is -2.48. The lowest BCUT2D eigenvalue weighted by Gasteiger charge is -2.26. The van der Waals surface area contributed by atoms with Gasteiger partial charge in [-0.2, -0.15) is 5.09 Å². The number of hydrogen-bond donors (Lipinski definition) is 5. The number of nitrogens with zero attached hydrogens (tertiary/aromatic N) is 1. The van der Waals surface area contributed by atoms with Crippen LogP contribution in [0.2, 0.25) is 0 Å². The lowest BCUT2D eigenvalue weighted by atomic mass is 9.95. The number of aromatic amines is 1. The third-order valence-electron chi connectivity index (χ3n) is 4.92. The van der Waals surface area contributed by atoms with E-state index in [1.165, 1.54) is 19.1 Å². The van der Waals surface area contributed by atoms with Gasteiger partial charge in [0.1, 0.15) is 24.0 Å². The first-order chi connectivity index (χ1) is 16.0. The zero-order valence-corrected chi connectivity index (χ0v) is 18.6. The molecule has 1 aliphatic rings. The Morgan fingerprint density at radius 1 is 1.38 bits per heavy atom. The fraction of sp³-hybridized carbons (Fsp3) is 0.350. The molecule has 0 radical (unpaired) electrons. The maximum Gasteiger partial charge on any atom is 0.459 e. The Morgan fingerprint density at radius 2 is 2.06 bits per heavy atom. The summed E-state index contributed by atoms with van der Waals surface area (Å²) in [5, 5.41) is 32.8. The van der Waals surface area contributed by atoms with Gasteiger partial charge in [-0.15, -0.1) is 6.42 Å². The summed E-state index contributed by atoms with van der Waals surface area (Å²) in [6.07, 6.45) is 1.51. The number of ether oxygens (including phenoxy) is 1. The van der Waals surface area contributed by atoms with Gasteiger partial charge < -0.3 is 24.6 Å². The van der Waals surface area contributed by atoms with Crippen LogP contribution in [-0.4, -0.2) is 61.3 Å². The van der Waals surface area contributed by atoms with E-state index in [4.69, 9.17) is 25.3 Å². The third-order valence-corrected chi connectivity index (χ3v) is 6.56. The van der Waals surface area contributed by atoms with Crippen molar-refractivity contribution in [1.29, 1.82) is 0 Å². The number of rotatable bonds is 9. The van der Waals surface area contributed by atoms with Crippen LogP contribution in [-0.2, 0) is 18.6 Å². The number of carboxylic acids is 1. The standard InChI is InChI=1S/C20H22N3O10P/c1-3-20(29)16(25)14(32-18(20)23-10-9-15(24)21-19(23)28)11-31-34(30,22-12(2)17(26)27)33-13-7-5-4-6-8-13/h1,4-10,12,14,16,18,25,29H,11H2,2H3,(H,22,30)(H,26,27)(H,21,24,28)/t12?,14-,16-,18-,20-,34+/m1/s1. The van der Waals surface area contributed by atoms with E-state index < -0.39 is 61.7 Å². The van der Waals surface area contributed by atoms with Gasteiger partial charge in [-0.3, -0.25) is 23.7 Å². The maximum atomic E-state index is 13.3. The Balaban J connectivity index is 1.85. The normalized spacial score (nSPS) is 26.8. The highest BCUT2D eigenvalue weighted by atomic mass is 31.2. The fourth-order valence-electron chi connectivity index (χ4n) is 3.12. The van der Waals surface area contributed by atoms with Crippen molar-refractivity contribution in [3.8, 4) is 18.1 Å². The second-order valence-electron chi connectivity index (χ2n) is 7.35. The molecule has 3 rings (SSSR count). The number of hydrogen-bond acceptors (Lipinski definition) is 9. The topological polar surface area (TPSA) is 189 Å². The second-order valence-corrected chi connectivity index (χ2v) is 9.04. The Morgan fingerprint density at radius 3 is 2.65 bits per heavy atom. The largest absolute Gasteiger partial charge is 0.480 e. The minimum absolute atomic E-state index is 0.0987. The van der Waals surface area contributed by atoms with E-state index in [9.17, 15) is 29.2 Å². The predicted octanol–water partition coefficient (Wildman–Crippen LogP) is -0.574. The molecule has 0 amide bonds. The number of benzene rings is 1. The molecule has 14 heteroatoms. The number of H-pyrrole nitrogens is 1. The van der Waals surface area contributed by atoms with Crippen LogP contribution >= 0.6 is 7.75 Å². The number of aromatic nitrogens is 2. The fourth-order valence-corrected chi connectivity index (χ4v) is 4.63. The third kappa shape index (κ3) is 5.28. The first-order valence-electron chi connectivity index (χ1n) is 9.84. The molecule has 0 aliphatic carbocycles. The Hall–Kier alpha value is -3.24. The SMILES string of the molecule is C#C[C@@]1(O)[C@H](O)[C@@H](CO[P@@](=O)(NC(C)C(=O)O)Oc2ccccc2)O[C@H]1n1ccc(=O)[nH]c1=O. The lowest BCUT2D eigenvalue weighted by molar-refractivity contribution is -0.138. The number of carbonyl (C=O) groups is 1. The van der Waals surface area contributed by atoms with Crippen LogP contribution in [0, 0.1) is 12.3 Å². The number of nitrogens with one attached hydrogen (secondary N) is 2. The molecule has 1 fully saturated rings. The number of aliphatic carboxylic acids is 1. The van der Waals surface area contributed by atoms with Crippen LogP contribution in [0.1, 0.15) is 13.2 Å². The van der Waals surface area contributed by atoms with Crippen LogP contribution in [0.4, 0.5) is 0 Å². The summed E-state index contributed by atoms with van der Waals surface area (Å²) < 4.78 is 30.3. The molecular formula is C20H22N3O10P. The summed E-state index contributed by atoms with van der Waals surface area (Å²) in [6, 6.07) is 7.40. The number of carboxylic acid groups (broad SMARTS) is 1. The number of para-hydroxylation sites is 1. The Labute approximate surface area is 192 Å². The molecule has 182 valence electrons. The molecule has 0 bridgehead atoms. The minimum atomic E-state index is -4.36. The molecule has 1 unspecified atom stereocenters. The highest BCUT2D eigenvalue weighted by Crippen LogP contribution is 2.46. The molecule has 0 spiro atoms. The van der Waals surface area contributed by atoms with Crippen LogP contribution < -0.4 is 20.9 Å². The summed E-state index contributed by atoms with van der Waals surface area (Å²) in [6.45, 7) is 0.520. The quantitative estimate of drug-likeness (QED) is 0.221. The first kappa shape index (κ1) is 25.4. The van der Waals surface area contributed by atoms with Gasteiger partial charge in [0.25, 0.3) is 5.56 Å². The van der Waals surface area contributed by atoms with Gasteiger partial charge in [0, 0.05) is 12.3 Å². The smallest absolute Gasteiger partial charge is 0.459 e. The Kier molecular flexibility index (Phi) is 7.42. The van der Waals surface area contributed by atoms with Crippen molar-refractivity contribution in [3.63, 3.8) is 0 Å². The van der Waals surface area contributed by atoms with Crippen molar-refractivity contribution in [2.24, 2.45) is 0 Å². The van der Waals surface area contributed by atoms with E-state index in [1.807, 2.05) is 10.9 Å². The van der Waals surface area contributed by atoms with Crippen molar-refractivity contribution in [2.75, 3.05) is 6.61 Å². The van der Waals surface area contributed by atoms with Crippen molar-refractivity contribution in [1.82, 2.24) is 14.6 Å². The van der Waals surface area contributed by atoms with E-state index in [1.54, 1.807) is 18.2 Å². The predicted molar refractivity (Wildman–Crippen MR) is 116 cm³/mol. The van der Waals surface area contributed by atoms with Crippen LogP contribution in [0.15, 0.2) is 52.2 Å². The van der Waals surface area contributed by atoms with Gasteiger partial charge in [-0.1, -0.05) is 24.1 Å². The molecule has 13 nitrogen and oxygen atoms in total. The van der Waals surface area contributed by atoms with Gasteiger partial charge in [-0.05, 0) is 19.1 Å². The molecule has 34 heavy (non-hydrogen) atoms. The molecule has 1 aliphatic heterocycles. The molecule has 6 atom stereocenters. The molecule has 5 N–H and O–H groups in total. The van der Waals surface area contributed by atoms with Crippen molar-refractivity contribution >= 4 is 13.7 Å². The van der Waals surface area contributed by atoms with Crippen LogP contribution in [0.3, 0.4) is 0 Å². The highest BCUT2D eigenvalue weighted by Gasteiger charge is 2.56. The molecular weight excluding hydrogens is 473 g/mol. The summed E-state index contributed by atoms with van der Waals surface area (Å²) in [7, 11) is -4.36. The molecule has 2 heterocycles. The molecule has 1 aromatic carbocycles. The zero-order chi connectivity index (χ0) is 25.1. The number of aliphatic hydroxyl groups excluding tert-OH is 1. The molecule has 0 saturated carbocycles. The van der Waals surface area contributed by atoms with Crippen LogP contribution in [0.25, 0.3) is 0 Å². The average molecular weight is 495 g/mol. The van der Waals surface area contributed by atoms with Gasteiger partial charge in [0.05, 0.1) is 6.61 Å². The van der Waals surface area contributed by atoms with Gasteiger partial charge in [0.15, 0.2) is 11.8 Å². The summed E-state index contributed by atoms with van der Waals surface area (Å²) >= 11 is 0. The van der Waals surface area contributed by atoms with E-state index in [0.717, 1.165) is 16.8 Å². The van der Waals surface area contributed by atoms with E-state index >= 15 is 0 Å². The summed E-state index contributed by atoms with van der Waals surface area (Å²) in [5.41, 5.74) is -4.10. The van der Waals surface area contributed by atoms with Gasteiger partial charge in [-0.25, -0.2) is 9.36 Å². The van der Waals surface area contributed by atoms with Crippen molar-refractivity contribution in [2.45, 2.75) is 37.0 Å². The van der Waals surface area contributed by atoms with Gasteiger partial charge in [0.2, 0.25) is 0 Å². The van der Waals surface area contributed by atoms with E-state index in [0.29, 0.717) is 0 Å². The molecule has 2 aromatic rings. The molecule has 1 aromatic heterocycles. The monoisotopic (exact) mass is 495 g/mol. The van der Waals surface area contributed by atoms with Crippen molar-refractivity contribution in [3.05, 3.63) is 63.4 Å².